The summed E-state index contributed by atoms with van der Waals surface area (Å²) in [5.74, 6) is 0. The maximum absolute atomic E-state index is 4.46. The number of rotatable bonds is 3. The Morgan fingerprint density at radius 1 is 0.667 bits per heavy atom. The monoisotopic (exact) mass is 347 g/mol. The van der Waals surface area contributed by atoms with Gasteiger partial charge in [-0.05, 0) is 23.1 Å². The average Bonchev–Trinajstić information content (AvgIpc) is 3.18. The Labute approximate surface area is 157 Å². The van der Waals surface area contributed by atoms with E-state index in [-0.39, 0.29) is 0 Å². The standard InChI is InChI=1S/C24H17N3/c1-2-8-18(9-3-1)14-15-20-11-5-7-13-23(20)27-24-21-12-6-4-10-19(21)16-17-22(24)25-26-27/h1-17H. The molecule has 0 fully saturated rings. The van der Waals surface area contributed by atoms with Crippen molar-refractivity contribution in [2.45, 2.75) is 0 Å². The lowest BCUT2D eigenvalue weighted by atomic mass is 10.1. The van der Waals surface area contributed by atoms with Crippen molar-refractivity contribution in [3.05, 3.63) is 102 Å². The summed E-state index contributed by atoms with van der Waals surface area (Å²) in [6.45, 7) is 0. The highest BCUT2D eigenvalue weighted by Gasteiger charge is 2.12. The Morgan fingerprint density at radius 3 is 2.37 bits per heavy atom. The fourth-order valence-corrected chi connectivity index (χ4v) is 3.42. The molecule has 0 aliphatic heterocycles. The molecule has 4 aromatic carbocycles. The van der Waals surface area contributed by atoms with Gasteiger partial charge in [0.25, 0.3) is 0 Å². The Bertz CT molecular complexity index is 1270. The molecule has 128 valence electrons. The van der Waals surface area contributed by atoms with Crippen molar-refractivity contribution in [1.29, 1.82) is 0 Å². The Balaban J connectivity index is 1.70. The minimum absolute atomic E-state index is 0.899. The van der Waals surface area contributed by atoms with E-state index in [2.05, 4.69) is 77.1 Å². The Morgan fingerprint density at radius 2 is 1.44 bits per heavy atom. The lowest BCUT2D eigenvalue weighted by Crippen LogP contribution is -1.99. The highest BCUT2D eigenvalue weighted by Crippen LogP contribution is 2.27. The van der Waals surface area contributed by atoms with Crippen LogP contribution in [0.1, 0.15) is 11.1 Å². The molecule has 3 nitrogen and oxygen atoms in total. The fourth-order valence-electron chi connectivity index (χ4n) is 3.42. The van der Waals surface area contributed by atoms with Crippen molar-refractivity contribution in [3.63, 3.8) is 0 Å². The average molecular weight is 347 g/mol. The van der Waals surface area contributed by atoms with E-state index in [1.54, 1.807) is 0 Å². The molecule has 0 unspecified atom stereocenters. The van der Waals surface area contributed by atoms with E-state index in [4.69, 9.17) is 0 Å². The second-order valence-electron chi connectivity index (χ2n) is 6.46. The van der Waals surface area contributed by atoms with Crippen LogP contribution in [0.25, 0.3) is 39.6 Å². The molecule has 0 atom stereocenters. The molecule has 1 heterocycles. The summed E-state index contributed by atoms with van der Waals surface area (Å²) in [5, 5.41) is 11.2. The molecule has 1 aromatic heterocycles. The van der Waals surface area contributed by atoms with Crippen molar-refractivity contribution in [2.75, 3.05) is 0 Å². The molecular formula is C24H17N3. The van der Waals surface area contributed by atoms with Crippen LogP contribution in [0.2, 0.25) is 0 Å². The molecular weight excluding hydrogens is 330 g/mol. The van der Waals surface area contributed by atoms with Gasteiger partial charge in [0.1, 0.15) is 11.0 Å². The SMILES string of the molecule is C(=Cc1ccccc1-n1nnc2ccc3ccccc3c21)c1ccccc1. The van der Waals surface area contributed by atoms with Crippen molar-refractivity contribution >= 4 is 34.0 Å². The molecule has 0 aliphatic carbocycles. The summed E-state index contributed by atoms with van der Waals surface area (Å²) < 4.78 is 1.95. The lowest BCUT2D eigenvalue weighted by molar-refractivity contribution is 0.824. The van der Waals surface area contributed by atoms with Crippen molar-refractivity contribution in [1.82, 2.24) is 15.0 Å². The quantitative estimate of drug-likeness (QED) is 0.389. The van der Waals surface area contributed by atoms with Crippen molar-refractivity contribution in [2.24, 2.45) is 0 Å². The number of fused-ring (bicyclic) bond motifs is 3. The summed E-state index contributed by atoms with van der Waals surface area (Å²) in [6.07, 6.45) is 4.25. The summed E-state index contributed by atoms with van der Waals surface area (Å²) in [6, 6.07) is 31.1. The predicted molar refractivity (Wildman–Crippen MR) is 112 cm³/mol. The molecule has 0 amide bonds. The van der Waals surface area contributed by atoms with E-state index in [1.165, 1.54) is 10.9 Å². The van der Waals surface area contributed by atoms with Gasteiger partial charge in [-0.1, -0.05) is 96.2 Å². The first-order chi connectivity index (χ1) is 13.4. The van der Waals surface area contributed by atoms with Crippen LogP contribution in [0.4, 0.5) is 0 Å². The number of nitrogens with zero attached hydrogens (tertiary/aromatic N) is 3. The number of aromatic nitrogens is 3. The van der Waals surface area contributed by atoms with Crippen molar-refractivity contribution in [3.8, 4) is 5.69 Å². The number of hydrogen-bond acceptors (Lipinski definition) is 2. The van der Waals surface area contributed by atoms with E-state index >= 15 is 0 Å². The largest absolute Gasteiger partial charge is 0.212 e. The van der Waals surface area contributed by atoms with Crippen molar-refractivity contribution < 1.29 is 0 Å². The van der Waals surface area contributed by atoms with E-state index in [9.17, 15) is 0 Å². The third-order valence-corrected chi connectivity index (χ3v) is 4.75. The number of benzene rings is 4. The minimum atomic E-state index is 0.899. The van der Waals surface area contributed by atoms with Gasteiger partial charge >= 0.3 is 0 Å². The molecule has 0 radical (unpaired) electrons. The van der Waals surface area contributed by atoms with Crippen LogP contribution in [-0.2, 0) is 0 Å². The summed E-state index contributed by atoms with van der Waals surface area (Å²) in [7, 11) is 0. The van der Waals surface area contributed by atoms with Crippen LogP contribution in [-0.4, -0.2) is 15.0 Å². The first-order valence-electron chi connectivity index (χ1n) is 8.96. The van der Waals surface area contributed by atoms with Gasteiger partial charge in [0, 0.05) is 10.9 Å². The highest BCUT2D eigenvalue weighted by atomic mass is 15.4. The minimum Gasteiger partial charge on any atom is -0.212 e. The van der Waals surface area contributed by atoms with E-state index in [0.717, 1.165) is 27.7 Å². The van der Waals surface area contributed by atoms with Gasteiger partial charge in [-0.15, -0.1) is 5.10 Å². The van der Waals surface area contributed by atoms with Crippen LogP contribution >= 0.6 is 0 Å². The Kier molecular flexibility index (Phi) is 3.76. The molecule has 0 aliphatic rings. The van der Waals surface area contributed by atoms with Crippen LogP contribution in [0, 0.1) is 0 Å². The second-order valence-corrected chi connectivity index (χ2v) is 6.46. The number of hydrogen-bond donors (Lipinski definition) is 0. The third kappa shape index (κ3) is 2.79. The normalized spacial score (nSPS) is 11.6. The molecule has 5 aromatic rings. The molecule has 0 saturated heterocycles. The molecule has 3 heteroatoms. The van der Waals surface area contributed by atoms with E-state index in [1.807, 2.05) is 41.1 Å². The Hall–Kier alpha value is -3.72. The fraction of sp³-hybridized carbons (Fsp3) is 0. The summed E-state index contributed by atoms with van der Waals surface area (Å²) >= 11 is 0. The highest BCUT2D eigenvalue weighted by molar-refractivity contribution is 6.04. The first-order valence-corrected chi connectivity index (χ1v) is 8.96. The summed E-state index contributed by atoms with van der Waals surface area (Å²) in [4.78, 5) is 0. The second kappa shape index (κ2) is 6.54. The van der Waals surface area contributed by atoms with E-state index in [0.29, 0.717) is 0 Å². The van der Waals surface area contributed by atoms with Gasteiger partial charge in [0.05, 0.1) is 5.69 Å². The van der Waals surface area contributed by atoms with Gasteiger partial charge in [0.15, 0.2) is 0 Å². The smallest absolute Gasteiger partial charge is 0.114 e. The maximum atomic E-state index is 4.46. The molecule has 0 N–H and O–H groups in total. The molecule has 5 rings (SSSR count). The van der Waals surface area contributed by atoms with Gasteiger partial charge in [-0.3, -0.25) is 0 Å². The molecule has 0 bridgehead atoms. The zero-order chi connectivity index (χ0) is 18.1. The van der Waals surface area contributed by atoms with E-state index < -0.39 is 0 Å². The lowest BCUT2D eigenvalue weighted by Gasteiger charge is -2.08. The zero-order valence-corrected chi connectivity index (χ0v) is 14.7. The predicted octanol–water partition coefficient (Wildman–Crippen LogP) is 5.74. The zero-order valence-electron chi connectivity index (χ0n) is 14.7. The molecule has 27 heavy (non-hydrogen) atoms. The van der Waals surface area contributed by atoms with Gasteiger partial charge in [0.2, 0.25) is 0 Å². The van der Waals surface area contributed by atoms with Crippen LogP contribution in [0.3, 0.4) is 0 Å². The first kappa shape index (κ1) is 15.5. The molecule has 0 spiro atoms. The topological polar surface area (TPSA) is 30.7 Å². The maximum Gasteiger partial charge on any atom is 0.114 e. The third-order valence-electron chi connectivity index (χ3n) is 4.75. The molecule has 0 saturated carbocycles. The van der Waals surface area contributed by atoms with Gasteiger partial charge < -0.3 is 0 Å². The van der Waals surface area contributed by atoms with Crippen LogP contribution in [0.5, 0.6) is 0 Å². The van der Waals surface area contributed by atoms with Gasteiger partial charge in [-0.25, -0.2) is 4.68 Å². The van der Waals surface area contributed by atoms with Crippen LogP contribution < -0.4 is 0 Å². The number of para-hydroxylation sites is 1. The van der Waals surface area contributed by atoms with Crippen LogP contribution in [0.15, 0.2) is 91.0 Å². The summed E-state index contributed by atoms with van der Waals surface area (Å²) in [5.41, 5.74) is 5.22. The van der Waals surface area contributed by atoms with Gasteiger partial charge in [-0.2, -0.15) is 0 Å².